The summed E-state index contributed by atoms with van der Waals surface area (Å²) < 4.78 is 60.6. The van der Waals surface area contributed by atoms with Gasteiger partial charge in [0.2, 0.25) is 0 Å². The fourth-order valence-electron chi connectivity index (χ4n) is 8.01. The summed E-state index contributed by atoms with van der Waals surface area (Å²) in [5.74, 6) is -1.62. The maximum absolute atomic E-state index is 12.9. The van der Waals surface area contributed by atoms with Crippen LogP contribution in [0.5, 0.6) is 0 Å². The van der Waals surface area contributed by atoms with E-state index in [0.717, 1.165) is 135 Å². The molecule has 0 aromatic rings. The third-order valence-electron chi connectivity index (χ3n) is 12.9. The zero-order valence-electron chi connectivity index (χ0n) is 50.4. The second-order valence-corrected chi connectivity index (χ2v) is 23.8. The van der Waals surface area contributed by atoms with Crippen molar-refractivity contribution in [2.75, 3.05) is 39.6 Å². The Bertz CT molecular complexity index is 1780. The van der Waals surface area contributed by atoms with Crippen LogP contribution in [0.25, 0.3) is 0 Å². The van der Waals surface area contributed by atoms with Crippen LogP contribution in [0.1, 0.15) is 252 Å². The van der Waals surface area contributed by atoms with E-state index >= 15 is 0 Å². The van der Waals surface area contributed by atoms with E-state index in [1.54, 1.807) is 0 Å². The normalized spacial score (nSPS) is 14.9. The lowest BCUT2D eigenvalue weighted by Gasteiger charge is -2.21. The molecule has 0 aliphatic heterocycles. The van der Waals surface area contributed by atoms with E-state index < -0.39 is 91.5 Å². The highest BCUT2D eigenvalue weighted by molar-refractivity contribution is 7.47. The molecule has 470 valence electrons. The molecule has 0 radical (unpaired) electrons. The van der Waals surface area contributed by atoms with Crippen molar-refractivity contribution >= 4 is 33.6 Å². The third kappa shape index (κ3) is 58.6. The predicted octanol–water partition coefficient (Wildman–Crippen LogP) is 16.4. The van der Waals surface area contributed by atoms with E-state index in [9.17, 15) is 43.5 Å². The van der Waals surface area contributed by atoms with Crippen molar-refractivity contribution in [2.24, 2.45) is 0 Å². The number of allylic oxidation sites excluding steroid dienone is 12. The first-order chi connectivity index (χ1) is 39.2. The summed E-state index contributed by atoms with van der Waals surface area (Å²) in [5, 5.41) is 20.5. The molecule has 0 rings (SSSR count). The lowest BCUT2D eigenvalue weighted by atomic mass is 10.1. The van der Waals surface area contributed by atoms with Crippen LogP contribution in [-0.2, 0) is 55.8 Å². The molecule has 0 bridgehead atoms. The zero-order valence-corrected chi connectivity index (χ0v) is 52.2. The van der Waals surface area contributed by atoms with Gasteiger partial charge in [-0.05, 0) is 116 Å². The van der Waals surface area contributed by atoms with Gasteiger partial charge in [-0.15, -0.1) is 0 Å². The van der Waals surface area contributed by atoms with Gasteiger partial charge in [-0.2, -0.15) is 0 Å². The number of phosphoric acid groups is 2. The van der Waals surface area contributed by atoms with Gasteiger partial charge < -0.3 is 34.2 Å². The standard InChI is InChI=1S/C63H112O16P2/c1-4-7-10-13-16-19-22-25-28-31-34-37-40-43-46-49-61(66)73-52-58(64)53-75-80(69,70)76-54-59(65)55-77-81(71,72)78-57-60(79-63(68)51-48-45-42-39-36-33-30-27-24-21-18-15-12-9-6-3)56-74-62(67)50-47-44-41-38-35-32-29-26-23-20-17-14-11-8-5-2/h16-21,25-30,58-60,64-65H,4-15,22-24,31-57H2,1-3H3,(H,69,70)(H,71,72)/b19-16-,20-17-,21-18-,28-25-,29-26-,30-27-/t58-,59+,60+/m1/s1. The minimum atomic E-state index is -4.92. The number of rotatable bonds is 59. The number of esters is 3. The molecule has 18 heteroatoms. The van der Waals surface area contributed by atoms with Crippen LogP contribution in [0.15, 0.2) is 72.9 Å². The fourth-order valence-corrected chi connectivity index (χ4v) is 9.60. The Balaban J connectivity index is 4.75. The molecule has 0 aromatic carbocycles. The maximum atomic E-state index is 12.9. The Hall–Kier alpha value is -3.01. The van der Waals surface area contributed by atoms with Gasteiger partial charge in [0.1, 0.15) is 25.4 Å². The van der Waals surface area contributed by atoms with Crippen molar-refractivity contribution in [3.05, 3.63) is 72.9 Å². The maximum Gasteiger partial charge on any atom is 0.472 e. The number of aliphatic hydroxyl groups is 2. The van der Waals surface area contributed by atoms with E-state index in [1.807, 2.05) is 0 Å². The molecular weight excluding hydrogens is 1070 g/mol. The van der Waals surface area contributed by atoms with Crippen molar-refractivity contribution in [3.63, 3.8) is 0 Å². The number of ether oxygens (including phenoxy) is 3. The monoisotopic (exact) mass is 1190 g/mol. The molecule has 0 aromatic heterocycles. The average Bonchev–Trinajstić information content (AvgIpc) is 3.45. The lowest BCUT2D eigenvalue weighted by Crippen LogP contribution is -2.30. The number of carbonyl (C=O) groups is 3. The van der Waals surface area contributed by atoms with Gasteiger partial charge >= 0.3 is 33.6 Å². The van der Waals surface area contributed by atoms with Crippen LogP contribution in [0, 0.1) is 0 Å². The molecule has 5 atom stereocenters. The smallest absolute Gasteiger partial charge is 0.463 e. The van der Waals surface area contributed by atoms with Crippen LogP contribution < -0.4 is 0 Å². The number of phosphoric ester groups is 2. The second-order valence-electron chi connectivity index (χ2n) is 20.8. The molecule has 0 heterocycles. The molecule has 81 heavy (non-hydrogen) atoms. The minimum absolute atomic E-state index is 0.0857. The highest BCUT2D eigenvalue weighted by Gasteiger charge is 2.29. The van der Waals surface area contributed by atoms with Gasteiger partial charge in [0.15, 0.2) is 6.10 Å². The summed E-state index contributed by atoms with van der Waals surface area (Å²) >= 11 is 0. The van der Waals surface area contributed by atoms with Gasteiger partial charge in [0, 0.05) is 19.3 Å². The Kier molecular flexibility index (Phi) is 55.3. The summed E-state index contributed by atoms with van der Waals surface area (Å²) in [5.41, 5.74) is 0. The summed E-state index contributed by atoms with van der Waals surface area (Å²) in [6.07, 6.45) is 56.7. The van der Waals surface area contributed by atoms with Gasteiger partial charge in [-0.25, -0.2) is 9.13 Å². The van der Waals surface area contributed by atoms with Gasteiger partial charge in [-0.1, -0.05) is 190 Å². The first-order valence-electron chi connectivity index (χ1n) is 31.2. The number of aliphatic hydroxyl groups excluding tert-OH is 2. The first-order valence-corrected chi connectivity index (χ1v) is 34.2. The lowest BCUT2D eigenvalue weighted by molar-refractivity contribution is -0.161. The SMILES string of the molecule is CCCCC/C=C\C/C=C\CCCCCCCC(=O)OC[C@@H](O)COP(=O)(O)OC[C@H](O)COP(=O)(O)OC[C@H](COC(=O)CCCCCCC/C=C\C/C=C\CCCCC)OC(=O)CCCCCCC/C=C\C/C=C\CCCCC. The minimum Gasteiger partial charge on any atom is -0.463 e. The number of hydrogen-bond donors (Lipinski definition) is 4. The summed E-state index contributed by atoms with van der Waals surface area (Å²) in [7, 11) is -9.77. The third-order valence-corrected chi connectivity index (χ3v) is 14.8. The highest BCUT2D eigenvalue weighted by atomic mass is 31.2. The Morgan fingerprint density at radius 2 is 0.617 bits per heavy atom. The largest absolute Gasteiger partial charge is 0.472 e. The molecule has 0 saturated heterocycles. The topological polar surface area (TPSA) is 231 Å². The molecule has 0 aliphatic rings. The molecule has 0 aliphatic carbocycles. The molecule has 0 spiro atoms. The Morgan fingerprint density at radius 3 is 0.963 bits per heavy atom. The first kappa shape index (κ1) is 78.0. The molecule has 2 unspecified atom stereocenters. The number of hydrogen-bond acceptors (Lipinski definition) is 14. The molecule has 4 N–H and O–H groups in total. The van der Waals surface area contributed by atoms with Crippen molar-refractivity contribution in [2.45, 2.75) is 270 Å². The van der Waals surface area contributed by atoms with Crippen molar-refractivity contribution in [1.29, 1.82) is 0 Å². The van der Waals surface area contributed by atoms with E-state index in [4.69, 9.17) is 32.3 Å². The van der Waals surface area contributed by atoms with Crippen LogP contribution >= 0.6 is 15.6 Å². The molecule has 0 fully saturated rings. The van der Waals surface area contributed by atoms with E-state index in [0.29, 0.717) is 19.3 Å². The summed E-state index contributed by atoms with van der Waals surface area (Å²) in [6.45, 7) is 2.53. The van der Waals surface area contributed by atoms with Crippen LogP contribution in [0.4, 0.5) is 0 Å². The molecular formula is C63H112O16P2. The van der Waals surface area contributed by atoms with E-state index in [1.165, 1.54) is 57.8 Å². The predicted molar refractivity (Wildman–Crippen MR) is 325 cm³/mol. The molecule has 0 saturated carbocycles. The Morgan fingerprint density at radius 1 is 0.346 bits per heavy atom. The van der Waals surface area contributed by atoms with E-state index in [-0.39, 0.29) is 19.3 Å². The van der Waals surface area contributed by atoms with Crippen LogP contribution in [0.3, 0.4) is 0 Å². The van der Waals surface area contributed by atoms with E-state index in [2.05, 4.69) is 93.7 Å². The van der Waals surface area contributed by atoms with Gasteiger partial charge in [0.05, 0.1) is 26.4 Å². The Labute approximate surface area is 490 Å². The fraction of sp³-hybridized carbons (Fsp3) is 0.762. The number of carbonyl (C=O) groups excluding carboxylic acids is 3. The number of unbranched alkanes of at least 4 members (excludes halogenated alkanes) is 24. The van der Waals surface area contributed by atoms with Crippen molar-refractivity contribution < 1.29 is 75.8 Å². The highest BCUT2D eigenvalue weighted by Crippen LogP contribution is 2.45. The second kappa shape index (κ2) is 57.4. The zero-order chi connectivity index (χ0) is 59.6. The van der Waals surface area contributed by atoms with Gasteiger partial charge in [-0.3, -0.25) is 32.5 Å². The quantitative estimate of drug-likeness (QED) is 0.0146. The van der Waals surface area contributed by atoms with Crippen LogP contribution in [-0.4, -0.2) is 95.9 Å². The van der Waals surface area contributed by atoms with Crippen molar-refractivity contribution in [3.8, 4) is 0 Å². The molecule has 16 nitrogen and oxygen atoms in total. The van der Waals surface area contributed by atoms with Crippen LogP contribution in [0.2, 0.25) is 0 Å². The van der Waals surface area contributed by atoms with Gasteiger partial charge in [0.25, 0.3) is 0 Å². The van der Waals surface area contributed by atoms with Crippen molar-refractivity contribution in [1.82, 2.24) is 0 Å². The molecule has 0 amide bonds. The summed E-state index contributed by atoms with van der Waals surface area (Å²) in [6, 6.07) is 0. The summed E-state index contributed by atoms with van der Waals surface area (Å²) in [4.78, 5) is 58.1. The average molecular weight is 1190 g/mol.